The van der Waals surface area contributed by atoms with E-state index in [9.17, 15) is 23.6 Å². The minimum atomic E-state index is -2.67. The van der Waals surface area contributed by atoms with Gasteiger partial charge in [-0.3, -0.25) is 23.9 Å². The van der Waals surface area contributed by atoms with Crippen LogP contribution in [0.2, 0.25) is 5.02 Å². The Hall–Kier alpha value is -6.12. The van der Waals surface area contributed by atoms with Crippen LogP contribution in [-0.4, -0.2) is 108 Å². The number of alkyl halides is 2. The van der Waals surface area contributed by atoms with Crippen LogP contribution in [0.15, 0.2) is 55.1 Å². The number of fused-ring (bicyclic) bond motifs is 2. The summed E-state index contributed by atoms with van der Waals surface area (Å²) < 4.78 is 40.0. The van der Waals surface area contributed by atoms with Gasteiger partial charge in [-0.15, -0.1) is 0 Å². The van der Waals surface area contributed by atoms with Crippen molar-refractivity contribution in [3.05, 3.63) is 93.7 Å². The first-order valence-electron chi connectivity index (χ1n) is 26.4. The molecule has 2 aliphatic carbocycles. The summed E-state index contributed by atoms with van der Waals surface area (Å²) in [5, 5.41) is 22.6. The average molecular weight is 1030 g/mol. The number of aryl methyl sites for hydroxylation is 2. The van der Waals surface area contributed by atoms with E-state index in [0.717, 1.165) is 92.8 Å². The van der Waals surface area contributed by atoms with Gasteiger partial charge in [-0.1, -0.05) is 39.3 Å². The van der Waals surface area contributed by atoms with E-state index in [4.69, 9.17) is 31.4 Å². The Morgan fingerprint density at radius 1 is 0.932 bits per heavy atom. The predicted molar refractivity (Wildman–Crippen MR) is 281 cm³/mol. The molecule has 0 unspecified atom stereocenters. The molecule has 3 fully saturated rings. The molecule has 74 heavy (non-hydrogen) atoms. The van der Waals surface area contributed by atoms with Crippen molar-refractivity contribution >= 4 is 40.9 Å². The van der Waals surface area contributed by atoms with Crippen LogP contribution in [0.3, 0.4) is 0 Å². The maximum atomic E-state index is 14.9. The zero-order valence-electron chi connectivity index (χ0n) is 43.9. The summed E-state index contributed by atoms with van der Waals surface area (Å²) in [5.74, 6) is 1.79. The molecule has 1 saturated heterocycles. The number of benzene rings is 2. The number of carbonyl (C=O) groups excluding carboxylic acids is 2. The van der Waals surface area contributed by atoms with Crippen molar-refractivity contribution in [1.82, 2.24) is 44.6 Å². The van der Waals surface area contributed by atoms with Crippen molar-refractivity contribution in [2.45, 2.75) is 156 Å². The minimum Gasteiger partial charge on any atom is -0.489 e. The number of carbonyl (C=O) groups is 2. The van der Waals surface area contributed by atoms with Gasteiger partial charge in [0.1, 0.15) is 17.9 Å². The Morgan fingerprint density at radius 3 is 2.26 bits per heavy atom. The summed E-state index contributed by atoms with van der Waals surface area (Å²) in [6.07, 6.45) is 12.1. The van der Waals surface area contributed by atoms with Gasteiger partial charge in [-0.05, 0) is 101 Å². The summed E-state index contributed by atoms with van der Waals surface area (Å²) in [6, 6.07) is 11.9. The van der Waals surface area contributed by atoms with Gasteiger partial charge in [-0.2, -0.15) is 15.5 Å². The number of ether oxygens (including phenoxy) is 1. The van der Waals surface area contributed by atoms with Crippen LogP contribution in [0, 0.1) is 22.2 Å². The highest BCUT2D eigenvalue weighted by Gasteiger charge is 2.64. The first kappa shape index (κ1) is 51.4. The fraction of sp³-hybridized carbons (Fsp3) is 0.554. The van der Waals surface area contributed by atoms with Crippen LogP contribution in [-0.2, 0) is 31.2 Å². The average Bonchev–Trinajstić information content (AvgIpc) is 4.01. The highest BCUT2D eigenvalue weighted by Crippen LogP contribution is 2.56. The third-order valence-electron chi connectivity index (χ3n) is 16.9. The van der Waals surface area contributed by atoms with E-state index in [0.29, 0.717) is 83.2 Å². The lowest BCUT2D eigenvalue weighted by atomic mass is 9.49. The van der Waals surface area contributed by atoms with Gasteiger partial charge in [-0.25, -0.2) is 18.7 Å². The fourth-order valence-corrected chi connectivity index (χ4v) is 13.8. The Balaban J connectivity index is 0.779. The topological polar surface area (TPSA) is 154 Å². The summed E-state index contributed by atoms with van der Waals surface area (Å²) >= 11 is 6.29. The van der Waals surface area contributed by atoms with Gasteiger partial charge in [0.05, 0.1) is 34.9 Å². The van der Waals surface area contributed by atoms with Crippen molar-refractivity contribution in [2.75, 3.05) is 36.0 Å². The molecule has 5 aliphatic rings. The second-order valence-corrected chi connectivity index (χ2v) is 23.1. The molecular weight excluding hydrogens is 962 g/mol. The lowest BCUT2D eigenvalue weighted by Gasteiger charge is -2.63. The lowest BCUT2D eigenvalue weighted by Crippen LogP contribution is -2.74. The monoisotopic (exact) mass is 1030 g/mol. The molecule has 18 heteroatoms. The van der Waals surface area contributed by atoms with Crippen LogP contribution in [0.25, 0.3) is 11.1 Å². The van der Waals surface area contributed by atoms with Crippen LogP contribution in [0.1, 0.15) is 144 Å². The minimum absolute atomic E-state index is 0.0145. The Labute approximate surface area is 438 Å². The number of hydrogen-bond donors (Lipinski definition) is 1. The molecule has 0 atom stereocenters. The molecule has 2 aromatic carbocycles. The maximum Gasteiger partial charge on any atom is 0.264 e. The molecule has 15 nitrogen and oxygen atoms in total. The van der Waals surface area contributed by atoms with Crippen LogP contribution in [0.5, 0.6) is 5.75 Å². The second kappa shape index (κ2) is 20.2. The standard InChI is InChI=1S/C56H69ClF2N12O3/c1-33(2)70(40-17-21-67(22-18-40)54-61-28-37(29-62-54)51(73)64-52-55(4,5)53(56(52,6)7)74-42-16-11-36(27-60)46(57)25-42)39-12-14-41(15-13-39)71-47-19-23-68(34(3)72)32-45(47)50(65-71)69-20-9-10-35-24-43(38-30-63-66(8)31-38)44(49(58)59)26-48(35)69/h11,16,24-26,28-31,33,39-41,49,52-53H,9-10,12-15,17-23,32H2,1-8H3,(H,64,73). The number of hydrogen-bond acceptors (Lipinski definition) is 11. The molecular formula is C56H69ClF2N12O3. The third kappa shape index (κ3) is 9.50. The Morgan fingerprint density at radius 2 is 1.64 bits per heavy atom. The summed E-state index contributed by atoms with van der Waals surface area (Å²) in [6.45, 7) is 17.9. The molecule has 6 heterocycles. The molecule has 2 amide bonds. The fourth-order valence-electron chi connectivity index (χ4n) is 13.6. The van der Waals surface area contributed by atoms with Gasteiger partial charge in [0.2, 0.25) is 11.9 Å². The van der Waals surface area contributed by atoms with Crippen LogP contribution in [0.4, 0.5) is 26.2 Å². The lowest BCUT2D eigenvalue weighted by molar-refractivity contribution is -0.164. The van der Waals surface area contributed by atoms with Gasteiger partial charge >= 0.3 is 0 Å². The maximum absolute atomic E-state index is 14.9. The Kier molecular flexibility index (Phi) is 14.0. The molecule has 1 N–H and O–H groups in total. The number of aromatic nitrogens is 6. The number of nitriles is 1. The summed E-state index contributed by atoms with van der Waals surface area (Å²) in [4.78, 5) is 44.9. The number of rotatable bonds is 12. The van der Waals surface area contributed by atoms with Crippen molar-refractivity contribution < 1.29 is 23.1 Å². The molecule has 10 rings (SSSR count). The van der Waals surface area contributed by atoms with Crippen LogP contribution >= 0.6 is 11.6 Å². The molecule has 0 radical (unpaired) electrons. The molecule has 3 aliphatic heterocycles. The second-order valence-electron chi connectivity index (χ2n) is 22.7. The number of amides is 2. The highest BCUT2D eigenvalue weighted by atomic mass is 35.5. The number of nitrogens with one attached hydrogen (secondary N) is 1. The van der Waals surface area contributed by atoms with Gasteiger partial charge in [0.15, 0.2) is 5.82 Å². The Bertz CT molecular complexity index is 2930. The van der Waals surface area contributed by atoms with Gasteiger partial charge < -0.3 is 24.8 Å². The van der Waals surface area contributed by atoms with E-state index < -0.39 is 17.3 Å². The largest absolute Gasteiger partial charge is 0.489 e. The van der Waals surface area contributed by atoms with Gasteiger partial charge in [0.25, 0.3) is 12.3 Å². The van der Waals surface area contributed by atoms with Crippen molar-refractivity contribution in [3.8, 4) is 22.9 Å². The molecule has 392 valence electrons. The molecule has 0 bridgehead atoms. The van der Waals surface area contributed by atoms with E-state index in [1.54, 1.807) is 67.7 Å². The van der Waals surface area contributed by atoms with E-state index in [-0.39, 0.29) is 35.6 Å². The zero-order valence-corrected chi connectivity index (χ0v) is 44.7. The number of nitrogens with zero attached hydrogens (tertiary/aromatic N) is 11. The number of halogens is 3. The third-order valence-corrected chi connectivity index (χ3v) is 17.2. The first-order valence-corrected chi connectivity index (χ1v) is 26.8. The van der Waals surface area contributed by atoms with Crippen molar-refractivity contribution in [2.24, 2.45) is 17.9 Å². The molecule has 0 spiro atoms. The van der Waals surface area contributed by atoms with E-state index in [1.165, 1.54) is 0 Å². The molecule has 3 aromatic heterocycles. The van der Waals surface area contributed by atoms with E-state index in [2.05, 4.69) is 77.4 Å². The van der Waals surface area contributed by atoms with Crippen LogP contribution < -0.4 is 19.9 Å². The number of piperidine rings is 1. The van der Waals surface area contributed by atoms with Crippen molar-refractivity contribution in [1.29, 1.82) is 5.26 Å². The predicted octanol–water partition coefficient (Wildman–Crippen LogP) is 10.0. The zero-order chi connectivity index (χ0) is 52.4. The SMILES string of the molecule is CC(=O)N1CCc2c(c(N3CCCc4cc(-c5cnn(C)c5)c(C(F)F)cc43)nn2C2CCC(N(C(C)C)C3CCN(c4ncc(C(=O)NC5C(C)(C)C(Oc6ccc(C#N)c(Cl)c6)C5(C)C)cn4)CC3)CC2)C1. The van der Waals surface area contributed by atoms with Gasteiger partial charge in [0, 0.05) is 134 Å². The normalized spacial score (nSPS) is 22.6. The molecule has 5 aromatic rings. The number of anilines is 3. The first-order chi connectivity index (χ1) is 35.3. The van der Waals surface area contributed by atoms with E-state index >= 15 is 0 Å². The molecule has 2 saturated carbocycles. The van der Waals surface area contributed by atoms with E-state index in [1.807, 2.05) is 11.0 Å². The quantitative estimate of drug-likeness (QED) is 0.127. The summed E-state index contributed by atoms with van der Waals surface area (Å²) in [7, 11) is 1.79. The summed E-state index contributed by atoms with van der Waals surface area (Å²) in [5.41, 5.74) is 5.14. The highest BCUT2D eigenvalue weighted by molar-refractivity contribution is 6.31. The smallest absolute Gasteiger partial charge is 0.264 e. The van der Waals surface area contributed by atoms with Crippen molar-refractivity contribution in [3.63, 3.8) is 0 Å².